The van der Waals surface area contributed by atoms with Gasteiger partial charge < -0.3 is 10.4 Å². The fraction of sp³-hybridized carbons (Fsp3) is 0.571. The Balaban J connectivity index is 2.84. The topological polar surface area (TPSA) is 62.2 Å². The van der Waals surface area contributed by atoms with Crippen LogP contribution in [0.2, 0.25) is 0 Å². The highest BCUT2D eigenvalue weighted by Gasteiger charge is 2.17. The maximum absolute atomic E-state index is 11.3. The molecule has 0 saturated heterocycles. The van der Waals surface area contributed by atoms with Crippen molar-refractivity contribution in [3.05, 3.63) is 22.9 Å². The van der Waals surface area contributed by atoms with E-state index in [1.165, 1.54) is 0 Å². The summed E-state index contributed by atoms with van der Waals surface area (Å²) < 4.78 is 0. The third-order valence-electron chi connectivity index (χ3n) is 2.84. The van der Waals surface area contributed by atoms with Gasteiger partial charge in [-0.3, -0.25) is 0 Å². The summed E-state index contributed by atoms with van der Waals surface area (Å²) in [7, 11) is 0. The number of pyridine rings is 1. The van der Waals surface area contributed by atoms with Gasteiger partial charge in [0, 0.05) is 11.7 Å². The summed E-state index contributed by atoms with van der Waals surface area (Å²) in [5.41, 5.74) is 1.86. The maximum atomic E-state index is 11.3. The summed E-state index contributed by atoms with van der Waals surface area (Å²) in [6, 6.07) is 2.01. The lowest BCUT2D eigenvalue weighted by Gasteiger charge is -2.17. The summed E-state index contributed by atoms with van der Waals surface area (Å²) >= 11 is 1.89. The van der Waals surface area contributed by atoms with Crippen LogP contribution in [0.25, 0.3) is 0 Å². The van der Waals surface area contributed by atoms with E-state index in [-0.39, 0.29) is 11.6 Å². The number of aromatic carboxylic acids is 1. The smallest absolute Gasteiger partial charge is 0.339 e. The van der Waals surface area contributed by atoms with E-state index in [4.69, 9.17) is 0 Å². The van der Waals surface area contributed by atoms with Crippen LogP contribution in [0.5, 0.6) is 0 Å². The number of carboxylic acid groups (broad SMARTS) is 1. The number of hydrogen-bond acceptors (Lipinski definition) is 4. The Morgan fingerprint density at radius 1 is 1.53 bits per heavy atom. The van der Waals surface area contributed by atoms with Crippen LogP contribution in [0.3, 0.4) is 0 Å². The SMILES string of the molecule is CCSCCC(C)Nc1nc(C)cc(C)c1C(=O)O. The van der Waals surface area contributed by atoms with Gasteiger partial charge in [-0.25, -0.2) is 9.78 Å². The molecule has 5 heteroatoms. The number of aromatic nitrogens is 1. The van der Waals surface area contributed by atoms with Crippen molar-refractivity contribution < 1.29 is 9.90 Å². The fourth-order valence-corrected chi connectivity index (χ4v) is 2.73. The normalized spacial score (nSPS) is 12.2. The number of carboxylic acids is 1. The predicted octanol–water partition coefficient (Wildman–Crippen LogP) is 3.34. The molecule has 1 unspecified atom stereocenters. The van der Waals surface area contributed by atoms with Crippen LogP contribution in [0, 0.1) is 13.8 Å². The molecule has 1 aromatic heterocycles. The summed E-state index contributed by atoms with van der Waals surface area (Å²) in [6.45, 7) is 7.88. The van der Waals surface area contributed by atoms with Gasteiger partial charge in [0.1, 0.15) is 11.4 Å². The number of rotatable bonds is 7. The quantitative estimate of drug-likeness (QED) is 0.751. The molecule has 0 aliphatic carbocycles. The van der Waals surface area contributed by atoms with Crippen molar-refractivity contribution in [3.8, 4) is 0 Å². The average Bonchev–Trinajstić information content (AvgIpc) is 2.27. The number of carbonyl (C=O) groups is 1. The lowest BCUT2D eigenvalue weighted by atomic mass is 10.1. The Labute approximate surface area is 119 Å². The van der Waals surface area contributed by atoms with Crippen molar-refractivity contribution in [3.63, 3.8) is 0 Å². The van der Waals surface area contributed by atoms with Crippen LogP contribution < -0.4 is 5.32 Å². The third-order valence-corrected chi connectivity index (χ3v) is 3.77. The van der Waals surface area contributed by atoms with Crippen LogP contribution in [0.4, 0.5) is 5.82 Å². The van der Waals surface area contributed by atoms with E-state index in [1.54, 1.807) is 13.0 Å². The number of thioether (sulfide) groups is 1. The first-order valence-electron chi connectivity index (χ1n) is 6.51. The van der Waals surface area contributed by atoms with E-state index in [1.807, 2.05) is 18.7 Å². The van der Waals surface area contributed by atoms with Crippen LogP contribution in [0.15, 0.2) is 6.07 Å². The van der Waals surface area contributed by atoms with Crippen molar-refractivity contribution in [2.75, 3.05) is 16.8 Å². The van der Waals surface area contributed by atoms with Crippen LogP contribution in [0.1, 0.15) is 41.9 Å². The zero-order valence-corrected chi connectivity index (χ0v) is 12.8. The maximum Gasteiger partial charge on any atom is 0.339 e. The van der Waals surface area contributed by atoms with Gasteiger partial charge in [0.25, 0.3) is 0 Å². The van der Waals surface area contributed by atoms with Crippen LogP contribution in [-0.4, -0.2) is 33.6 Å². The van der Waals surface area contributed by atoms with Crippen LogP contribution in [-0.2, 0) is 0 Å². The van der Waals surface area contributed by atoms with Gasteiger partial charge in [-0.05, 0) is 50.3 Å². The number of hydrogen-bond donors (Lipinski definition) is 2. The standard InChI is InChI=1S/C14H22N2O2S/c1-5-19-7-6-10(3)15-13-12(14(17)18)9(2)8-11(4)16-13/h8,10H,5-7H2,1-4H3,(H,15,16)(H,17,18). The van der Waals surface area contributed by atoms with E-state index in [2.05, 4.69) is 24.1 Å². The Kier molecular flexibility index (Phi) is 6.15. The number of nitrogens with zero attached hydrogens (tertiary/aromatic N) is 1. The molecular weight excluding hydrogens is 260 g/mol. The minimum Gasteiger partial charge on any atom is -0.478 e. The Morgan fingerprint density at radius 3 is 2.79 bits per heavy atom. The molecule has 1 atom stereocenters. The first-order valence-corrected chi connectivity index (χ1v) is 7.67. The molecule has 0 saturated carbocycles. The molecule has 0 aliphatic heterocycles. The van der Waals surface area contributed by atoms with Crippen LogP contribution >= 0.6 is 11.8 Å². The van der Waals surface area contributed by atoms with Gasteiger partial charge in [0.15, 0.2) is 0 Å². The van der Waals surface area contributed by atoms with Crippen molar-refractivity contribution in [1.82, 2.24) is 4.98 Å². The second-order valence-corrected chi connectivity index (χ2v) is 6.03. The van der Waals surface area contributed by atoms with Gasteiger partial charge in [0.2, 0.25) is 0 Å². The highest BCUT2D eigenvalue weighted by Crippen LogP contribution is 2.20. The van der Waals surface area contributed by atoms with Crippen molar-refractivity contribution >= 4 is 23.5 Å². The van der Waals surface area contributed by atoms with Gasteiger partial charge in [-0.2, -0.15) is 11.8 Å². The molecule has 1 heterocycles. The Hall–Kier alpha value is -1.23. The number of anilines is 1. The largest absolute Gasteiger partial charge is 0.478 e. The molecule has 1 rings (SSSR count). The molecule has 0 radical (unpaired) electrons. The average molecular weight is 282 g/mol. The molecule has 0 amide bonds. The van der Waals surface area contributed by atoms with Crippen molar-refractivity contribution in [2.24, 2.45) is 0 Å². The molecule has 4 nitrogen and oxygen atoms in total. The van der Waals surface area contributed by atoms with E-state index in [0.717, 1.165) is 29.2 Å². The molecule has 0 aromatic carbocycles. The summed E-state index contributed by atoms with van der Waals surface area (Å²) in [4.78, 5) is 15.6. The lowest BCUT2D eigenvalue weighted by Crippen LogP contribution is -2.20. The van der Waals surface area contributed by atoms with E-state index in [9.17, 15) is 9.90 Å². The molecule has 106 valence electrons. The number of nitrogens with one attached hydrogen (secondary N) is 1. The highest BCUT2D eigenvalue weighted by molar-refractivity contribution is 7.99. The molecule has 0 spiro atoms. The van der Waals surface area contributed by atoms with Crippen molar-refractivity contribution in [2.45, 2.75) is 40.2 Å². The van der Waals surface area contributed by atoms with E-state index >= 15 is 0 Å². The molecule has 0 bridgehead atoms. The Bertz CT molecular complexity index is 449. The molecular formula is C14H22N2O2S. The van der Waals surface area contributed by atoms with E-state index < -0.39 is 5.97 Å². The minimum atomic E-state index is -0.928. The molecule has 2 N–H and O–H groups in total. The predicted molar refractivity (Wildman–Crippen MR) is 81.4 cm³/mol. The van der Waals surface area contributed by atoms with Gasteiger partial charge in [0.05, 0.1) is 0 Å². The molecule has 19 heavy (non-hydrogen) atoms. The van der Waals surface area contributed by atoms with E-state index in [0.29, 0.717) is 5.82 Å². The first-order chi connectivity index (χ1) is 8.95. The van der Waals surface area contributed by atoms with Gasteiger partial charge in [-0.1, -0.05) is 6.92 Å². The molecule has 0 aliphatic rings. The third kappa shape index (κ3) is 4.74. The van der Waals surface area contributed by atoms with Gasteiger partial charge in [-0.15, -0.1) is 0 Å². The molecule has 0 fully saturated rings. The zero-order chi connectivity index (χ0) is 14.4. The Morgan fingerprint density at radius 2 is 2.21 bits per heavy atom. The second-order valence-electron chi connectivity index (χ2n) is 4.64. The summed E-state index contributed by atoms with van der Waals surface area (Å²) in [5, 5.41) is 12.5. The minimum absolute atomic E-state index is 0.214. The number of aryl methyl sites for hydroxylation is 2. The molecule has 1 aromatic rings. The zero-order valence-electron chi connectivity index (χ0n) is 12.0. The van der Waals surface area contributed by atoms with Gasteiger partial charge >= 0.3 is 5.97 Å². The fourth-order valence-electron chi connectivity index (χ4n) is 1.92. The second kappa shape index (κ2) is 7.38. The monoisotopic (exact) mass is 282 g/mol. The highest BCUT2D eigenvalue weighted by atomic mass is 32.2. The van der Waals surface area contributed by atoms with Crippen molar-refractivity contribution in [1.29, 1.82) is 0 Å². The summed E-state index contributed by atoms with van der Waals surface area (Å²) in [5.74, 6) is 1.73. The lowest BCUT2D eigenvalue weighted by molar-refractivity contribution is 0.0697. The summed E-state index contributed by atoms with van der Waals surface area (Å²) in [6.07, 6.45) is 0.992. The first kappa shape index (κ1) is 15.8.